The van der Waals surface area contributed by atoms with Gasteiger partial charge in [0.1, 0.15) is 0 Å². The minimum atomic E-state index is 1.16. The van der Waals surface area contributed by atoms with Gasteiger partial charge in [0.05, 0.1) is 0 Å². The maximum atomic E-state index is 3.50. The Bertz CT molecular complexity index is 222. The van der Waals surface area contributed by atoms with Crippen LogP contribution in [-0.2, 0) is 6.42 Å². The van der Waals surface area contributed by atoms with Gasteiger partial charge in [-0.25, -0.2) is 0 Å². The van der Waals surface area contributed by atoms with E-state index in [-0.39, 0.29) is 0 Å². The molecule has 0 amide bonds. The molecule has 0 aliphatic rings. The van der Waals surface area contributed by atoms with Crippen LogP contribution >= 0.6 is 23.1 Å². The molecular weight excluding hydrogens is 222 g/mol. The standard InChI is InChI=1S/C12H21NS2/c1-2-14-10-5-9-13-8-3-6-12-7-4-11-15-12/h4,7,11,13H,2-3,5-6,8-10H2,1H3. The van der Waals surface area contributed by atoms with Gasteiger partial charge in [-0.2, -0.15) is 11.8 Å². The van der Waals surface area contributed by atoms with Crippen molar-refractivity contribution in [3.8, 4) is 0 Å². The third-order valence-electron chi connectivity index (χ3n) is 2.20. The summed E-state index contributed by atoms with van der Waals surface area (Å²) < 4.78 is 0. The molecule has 0 saturated heterocycles. The van der Waals surface area contributed by atoms with Crippen molar-refractivity contribution in [2.45, 2.75) is 26.2 Å². The molecule has 15 heavy (non-hydrogen) atoms. The number of nitrogens with one attached hydrogen (secondary N) is 1. The van der Waals surface area contributed by atoms with Crippen LogP contribution in [0.5, 0.6) is 0 Å². The minimum absolute atomic E-state index is 1.16. The zero-order chi connectivity index (χ0) is 10.8. The third kappa shape index (κ3) is 6.98. The Labute approximate surface area is 102 Å². The molecule has 0 atom stereocenters. The first-order chi connectivity index (χ1) is 7.43. The molecule has 1 nitrogen and oxygen atoms in total. The lowest BCUT2D eigenvalue weighted by Gasteiger charge is -2.03. The van der Waals surface area contributed by atoms with Crippen molar-refractivity contribution in [3.05, 3.63) is 22.4 Å². The Balaban J connectivity index is 1.81. The van der Waals surface area contributed by atoms with E-state index in [2.05, 4.69) is 29.8 Å². The van der Waals surface area contributed by atoms with Crippen molar-refractivity contribution >= 4 is 23.1 Å². The summed E-state index contributed by atoms with van der Waals surface area (Å²) in [6.07, 6.45) is 3.80. The fourth-order valence-corrected chi connectivity index (χ4v) is 2.80. The lowest BCUT2D eigenvalue weighted by atomic mass is 10.2. The van der Waals surface area contributed by atoms with E-state index < -0.39 is 0 Å². The van der Waals surface area contributed by atoms with Crippen LogP contribution in [0.4, 0.5) is 0 Å². The van der Waals surface area contributed by atoms with Gasteiger partial charge < -0.3 is 5.32 Å². The van der Waals surface area contributed by atoms with E-state index in [9.17, 15) is 0 Å². The Morgan fingerprint density at radius 1 is 1.33 bits per heavy atom. The van der Waals surface area contributed by atoms with Gasteiger partial charge in [0.25, 0.3) is 0 Å². The summed E-state index contributed by atoms with van der Waals surface area (Å²) in [6, 6.07) is 4.36. The topological polar surface area (TPSA) is 12.0 Å². The van der Waals surface area contributed by atoms with Crippen LogP contribution < -0.4 is 5.32 Å². The summed E-state index contributed by atoms with van der Waals surface area (Å²) in [4.78, 5) is 1.51. The SMILES string of the molecule is CCSCCCNCCCc1cccs1. The number of aryl methyl sites for hydroxylation is 1. The normalized spacial score (nSPS) is 10.7. The molecule has 1 aromatic heterocycles. The van der Waals surface area contributed by atoms with Crippen LogP contribution in [0.2, 0.25) is 0 Å². The molecule has 0 aliphatic carbocycles. The minimum Gasteiger partial charge on any atom is -0.317 e. The highest BCUT2D eigenvalue weighted by atomic mass is 32.2. The average Bonchev–Trinajstić information content (AvgIpc) is 2.75. The molecule has 0 aromatic carbocycles. The summed E-state index contributed by atoms with van der Waals surface area (Å²) in [5.41, 5.74) is 0. The summed E-state index contributed by atoms with van der Waals surface area (Å²) in [6.45, 7) is 4.56. The molecule has 1 rings (SSSR count). The highest BCUT2D eigenvalue weighted by Crippen LogP contribution is 2.10. The Hall–Kier alpha value is 0.01000. The molecule has 0 radical (unpaired) electrons. The predicted molar refractivity (Wildman–Crippen MR) is 73.1 cm³/mol. The molecule has 3 heteroatoms. The van der Waals surface area contributed by atoms with Crippen molar-refractivity contribution in [3.63, 3.8) is 0 Å². The van der Waals surface area contributed by atoms with E-state index in [1.54, 1.807) is 0 Å². The average molecular weight is 243 g/mol. The Kier molecular flexibility index (Phi) is 8.07. The van der Waals surface area contributed by atoms with Gasteiger partial charge in [0, 0.05) is 4.88 Å². The van der Waals surface area contributed by atoms with Gasteiger partial charge in [0.15, 0.2) is 0 Å². The Morgan fingerprint density at radius 3 is 2.93 bits per heavy atom. The molecule has 1 heterocycles. The van der Waals surface area contributed by atoms with Crippen molar-refractivity contribution in [2.75, 3.05) is 24.6 Å². The van der Waals surface area contributed by atoms with Crippen LogP contribution in [0.25, 0.3) is 0 Å². The molecule has 0 fully saturated rings. The third-order valence-corrected chi connectivity index (χ3v) is 4.12. The van der Waals surface area contributed by atoms with Crippen molar-refractivity contribution in [1.29, 1.82) is 0 Å². The second-order valence-corrected chi connectivity index (χ2v) is 5.91. The number of rotatable bonds is 9. The van der Waals surface area contributed by atoms with Crippen LogP contribution in [0.1, 0.15) is 24.6 Å². The van der Waals surface area contributed by atoms with Crippen molar-refractivity contribution < 1.29 is 0 Å². The zero-order valence-corrected chi connectivity index (χ0v) is 11.1. The predicted octanol–water partition coefficient (Wildman–Crippen LogP) is 3.41. The van der Waals surface area contributed by atoms with Gasteiger partial charge >= 0.3 is 0 Å². The largest absolute Gasteiger partial charge is 0.317 e. The number of thiophene rings is 1. The van der Waals surface area contributed by atoms with Gasteiger partial charge in [-0.3, -0.25) is 0 Å². The molecule has 1 N–H and O–H groups in total. The van der Waals surface area contributed by atoms with Crippen molar-refractivity contribution in [1.82, 2.24) is 5.32 Å². The fraction of sp³-hybridized carbons (Fsp3) is 0.667. The molecule has 86 valence electrons. The highest BCUT2D eigenvalue weighted by molar-refractivity contribution is 7.99. The first-order valence-corrected chi connectivity index (χ1v) is 7.77. The summed E-state index contributed by atoms with van der Waals surface area (Å²) >= 11 is 3.90. The maximum Gasteiger partial charge on any atom is 0.00457 e. The molecule has 0 aliphatic heterocycles. The maximum absolute atomic E-state index is 3.50. The summed E-state index contributed by atoms with van der Waals surface area (Å²) in [5, 5.41) is 5.66. The first-order valence-electron chi connectivity index (χ1n) is 5.74. The van der Waals surface area contributed by atoms with Gasteiger partial charge in [-0.05, 0) is 55.3 Å². The number of hydrogen-bond acceptors (Lipinski definition) is 3. The van der Waals surface area contributed by atoms with Crippen LogP contribution in [-0.4, -0.2) is 24.6 Å². The van der Waals surface area contributed by atoms with E-state index in [4.69, 9.17) is 0 Å². The second kappa shape index (κ2) is 9.25. The molecule has 0 unspecified atom stereocenters. The second-order valence-electron chi connectivity index (χ2n) is 3.48. The quantitative estimate of drug-likeness (QED) is 0.667. The Morgan fingerprint density at radius 2 is 2.20 bits per heavy atom. The van der Waals surface area contributed by atoms with E-state index in [0.717, 1.165) is 6.54 Å². The van der Waals surface area contributed by atoms with E-state index >= 15 is 0 Å². The van der Waals surface area contributed by atoms with Crippen molar-refractivity contribution in [2.24, 2.45) is 0 Å². The van der Waals surface area contributed by atoms with E-state index in [1.165, 1.54) is 42.2 Å². The van der Waals surface area contributed by atoms with Crippen LogP contribution in [0.3, 0.4) is 0 Å². The lowest BCUT2D eigenvalue weighted by molar-refractivity contribution is 0.644. The number of hydrogen-bond donors (Lipinski definition) is 1. The molecule has 0 spiro atoms. The van der Waals surface area contributed by atoms with E-state index in [0.29, 0.717) is 0 Å². The lowest BCUT2D eigenvalue weighted by Crippen LogP contribution is -2.17. The van der Waals surface area contributed by atoms with Crippen LogP contribution in [0, 0.1) is 0 Å². The fourth-order valence-electron chi connectivity index (χ4n) is 1.41. The smallest absolute Gasteiger partial charge is 0.00457 e. The number of thioether (sulfide) groups is 1. The molecule has 1 aromatic rings. The van der Waals surface area contributed by atoms with Crippen LogP contribution in [0.15, 0.2) is 17.5 Å². The monoisotopic (exact) mass is 243 g/mol. The summed E-state index contributed by atoms with van der Waals surface area (Å²) in [5.74, 6) is 2.55. The first kappa shape index (κ1) is 13.1. The highest BCUT2D eigenvalue weighted by Gasteiger charge is 1.93. The molecular formula is C12H21NS2. The summed E-state index contributed by atoms with van der Waals surface area (Å²) in [7, 11) is 0. The zero-order valence-electron chi connectivity index (χ0n) is 9.50. The van der Waals surface area contributed by atoms with Gasteiger partial charge in [-0.1, -0.05) is 13.0 Å². The van der Waals surface area contributed by atoms with E-state index in [1.807, 2.05) is 23.1 Å². The van der Waals surface area contributed by atoms with Gasteiger partial charge in [-0.15, -0.1) is 11.3 Å². The van der Waals surface area contributed by atoms with Gasteiger partial charge in [0.2, 0.25) is 0 Å². The molecule has 0 saturated carbocycles. The molecule has 0 bridgehead atoms.